The SMILES string of the molecule is Cc1cc(C(=O)CCl)c(C)n1-c1cnc2ccccc2c1. The molecule has 0 aliphatic heterocycles. The first-order chi connectivity index (χ1) is 10.1. The van der Waals surface area contributed by atoms with Crippen molar-refractivity contribution in [2.24, 2.45) is 0 Å². The molecule has 0 radical (unpaired) electrons. The van der Waals surface area contributed by atoms with E-state index in [0.717, 1.165) is 28.0 Å². The molecule has 0 spiro atoms. The Labute approximate surface area is 128 Å². The average molecular weight is 299 g/mol. The van der Waals surface area contributed by atoms with Gasteiger partial charge in [0, 0.05) is 22.3 Å². The first-order valence-corrected chi connectivity index (χ1v) is 7.28. The lowest BCUT2D eigenvalue weighted by Crippen LogP contribution is -2.04. The van der Waals surface area contributed by atoms with Crippen LogP contribution in [0.5, 0.6) is 0 Å². The summed E-state index contributed by atoms with van der Waals surface area (Å²) in [4.78, 5) is 16.4. The zero-order chi connectivity index (χ0) is 15.0. The predicted octanol–water partition coefficient (Wildman–Crippen LogP) is 4.06. The van der Waals surface area contributed by atoms with Gasteiger partial charge in [-0.3, -0.25) is 9.78 Å². The van der Waals surface area contributed by atoms with Gasteiger partial charge in [-0.15, -0.1) is 11.6 Å². The number of carbonyl (C=O) groups is 1. The zero-order valence-electron chi connectivity index (χ0n) is 11.9. The van der Waals surface area contributed by atoms with E-state index in [-0.39, 0.29) is 11.7 Å². The van der Waals surface area contributed by atoms with E-state index in [4.69, 9.17) is 11.6 Å². The maximum absolute atomic E-state index is 11.9. The van der Waals surface area contributed by atoms with Crippen LogP contribution in [-0.2, 0) is 0 Å². The molecule has 0 N–H and O–H groups in total. The van der Waals surface area contributed by atoms with Crippen LogP contribution in [0, 0.1) is 13.8 Å². The van der Waals surface area contributed by atoms with E-state index in [9.17, 15) is 4.79 Å². The Hall–Kier alpha value is -2.13. The Morgan fingerprint density at radius 1 is 1.24 bits per heavy atom. The summed E-state index contributed by atoms with van der Waals surface area (Å²) < 4.78 is 2.04. The average Bonchev–Trinajstić information content (AvgIpc) is 2.81. The van der Waals surface area contributed by atoms with Gasteiger partial charge in [0.25, 0.3) is 0 Å². The van der Waals surface area contributed by atoms with Crippen molar-refractivity contribution in [3.8, 4) is 5.69 Å². The monoisotopic (exact) mass is 298 g/mol. The van der Waals surface area contributed by atoms with E-state index < -0.39 is 0 Å². The summed E-state index contributed by atoms with van der Waals surface area (Å²) in [6.45, 7) is 3.91. The minimum atomic E-state index is -0.0511. The molecular weight excluding hydrogens is 284 g/mol. The molecule has 0 fully saturated rings. The topological polar surface area (TPSA) is 34.9 Å². The van der Waals surface area contributed by atoms with Crippen LogP contribution in [0.4, 0.5) is 0 Å². The Kier molecular flexibility index (Phi) is 3.52. The maximum atomic E-state index is 11.9. The number of rotatable bonds is 3. The van der Waals surface area contributed by atoms with Gasteiger partial charge in [0.2, 0.25) is 0 Å². The van der Waals surface area contributed by atoms with Gasteiger partial charge < -0.3 is 4.57 Å². The van der Waals surface area contributed by atoms with Crippen LogP contribution in [-0.4, -0.2) is 21.2 Å². The van der Waals surface area contributed by atoms with Gasteiger partial charge in [-0.1, -0.05) is 18.2 Å². The zero-order valence-corrected chi connectivity index (χ0v) is 12.7. The Morgan fingerprint density at radius 2 is 2.00 bits per heavy atom. The first-order valence-electron chi connectivity index (χ1n) is 6.75. The Balaban J connectivity index is 2.18. The molecule has 2 aromatic heterocycles. The Morgan fingerprint density at radius 3 is 2.76 bits per heavy atom. The second-order valence-corrected chi connectivity index (χ2v) is 5.33. The number of halogens is 1. The number of ketones is 1. The number of carbonyl (C=O) groups excluding carboxylic acids is 1. The van der Waals surface area contributed by atoms with E-state index in [0.29, 0.717) is 5.56 Å². The van der Waals surface area contributed by atoms with Crippen LogP contribution >= 0.6 is 11.6 Å². The summed E-state index contributed by atoms with van der Waals surface area (Å²) in [6.07, 6.45) is 1.83. The molecule has 4 heteroatoms. The van der Waals surface area contributed by atoms with Gasteiger partial charge in [-0.05, 0) is 32.0 Å². The molecule has 0 aliphatic rings. The molecule has 2 heterocycles. The minimum absolute atomic E-state index is 0.000262. The van der Waals surface area contributed by atoms with Crippen LogP contribution in [0.15, 0.2) is 42.6 Å². The third kappa shape index (κ3) is 2.34. The number of benzene rings is 1. The molecule has 1 aromatic carbocycles. The number of hydrogen-bond acceptors (Lipinski definition) is 2. The lowest BCUT2D eigenvalue weighted by atomic mass is 10.2. The molecule has 0 unspecified atom stereocenters. The van der Waals surface area contributed by atoms with Gasteiger partial charge in [-0.25, -0.2) is 0 Å². The van der Waals surface area contributed by atoms with Crippen molar-refractivity contribution in [2.45, 2.75) is 13.8 Å². The molecule has 0 atom stereocenters. The standard InChI is InChI=1S/C17H15ClN2O/c1-11-7-15(17(21)9-18)12(2)20(11)14-8-13-5-3-4-6-16(13)19-10-14/h3-8,10H,9H2,1-2H3. The first kappa shape index (κ1) is 13.8. The Bertz CT molecular complexity index is 836. The molecule has 3 nitrogen and oxygen atoms in total. The highest BCUT2D eigenvalue weighted by Gasteiger charge is 2.16. The lowest BCUT2D eigenvalue weighted by molar-refractivity contribution is 0.102. The van der Waals surface area contributed by atoms with Crippen molar-refractivity contribution in [3.05, 3.63) is 59.5 Å². The van der Waals surface area contributed by atoms with E-state index in [1.807, 2.05) is 54.9 Å². The highest BCUT2D eigenvalue weighted by molar-refractivity contribution is 6.30. The third-order valence-electron chi connectivity index (χ3n) is 3.69. The summed E-state index contributed by atoms with van der Waals surface area (Å²) in [5.41, 5.74) is 4.49. The predicted molar refractivity (Wildman–Crippen MR) is 85.6 cm³/mol. The fraction of sp³-hybridized carbons (Fsp3) is 0.176. The molecule has 3 aromatic rings. The summed E-state index contributed by atoms with van der Waals surface area (Å²) in [7, 11) is 0. The summed E-state index contributed by atoms with van der Waals surface area (Å²) in [6, 6.07) is 11.9. The fourth-order valence-corrected chi connectivity index (χ4v) is 2.84. The van der Waals surface area contributed by atoms with Crippen LogP contribution < -0.4 is 0 Å². The number of para-hydroxylation sites is 1. The van der Waals surface area contributed by atoms with Gasteiger partial charge in [-0.2, -0.15) is 0 Å². The number of pyridine rings is 1. The largest absolute Gasteiger partial charge is 0.316 e. The summed E-state index contributed by atoms with van der Waals surface area (Å²) in [5.74, 6) is -0.0509. The van der Waals surface area contributed by atoms with Crippen LogP contribution in [0.1, 0.15) is 21.7 Å². The number of nitrogens with zero attached hydrogens (tertiary/aromatic N) is 2. The van der Waals surface area contributed by atoms with Crippen molar-refractivity contribution in [3.63, 3.8) is 0 Å². The highest BCUT2D eigenvalue weighted by Crippen LogP contribution is 2.23. The van der Waals surface area contributed by atoms with E-state index in [2.05, 4.69) is 11.1 Å². The van der Waals surface area contributed by atoms with E-state index >= 15 is 0 Å². The number of Topliss-reactive ketones (excluding diaryl/α,β-unsaturated/α-hetero) is 1. The van der Waals surface area contributed by atoms with Crippen molar-refractivity contribution in [1.82, 2.24) is 9.55 Å². The normalized spacial score (nSPS) is 11.0. The van der Waals surface area contributed by atoms with Gasteiger partial charge >= 0.3 is 0 Å². The molecular formula is C17H15ClN2O. The number of fused-ring (bicyclic) bond motifs is 1. The second kappa shape index (κ2) is 5.34. The van der Waals surface area contributed by atoms with Gasteiger partial charge in [0.1, 0.15) is 0 Å². The molecule has 3 rings (SSSR count). The number of alkyl halides is 1. The minimum Gasteiger partial charge on any atom is -0.316 e. The van der Waals surface area contributed by atoms with E-state index in [1.54, 1.807) is 0 Å². The molecule has 0 saturated heterocycles. The molecule has 0 bridgehead atoms. The molecule has 106 valence electrons. The van der Waals surface area contributed by atoms with Crippen LogP contribution in [0.2, 0.25) is 0 Å². The summed E-state index contributed by atoms with van der Waals surface area (Å²) >= 11 is 5.67. The van der Waals surface area contributed by atoms with Crippen molar-refractivity contribution in [2.75, 3.05) is 5.88 Å². The van der Waals surface area contributed by atoms with Gasteiger partial charge in [0.15, 0.2) is 5.78 Å². The molecule has 0 saturated carbocycles. The smallest absolute Gasteiger partial charge is 0.179 e. The lowest BCUT2D eigenvalue weighted by Gasteiger charge is -2.10. The summed E-state index contributed by atoms with van der Waals surface area (Å²) in [5, 5.41) is 1.08. The third-order valence-corrected chi connectivity index (χ3v) is 3.93. The molecule has 21 heavy (non-hydrogen) atoms. The second-order valence-electron chi connectivity index (χ2n) is 5.06. The van der Waals surface area contributed by atoms with Crippen molar-refractivity contribution < 1.29 is 4.79 Å². The van der Waals surface area contributed by atoms with E-state index in [1.165, 1.54) is 0 Å². The maximum Gasteiger partial charge on any atom is 0.179 e. The van der Waals surface area contributed by atoms with Crippen LogP contribution in [0.3, 0.4) is 0 Å². The number of aromatic nitrogens is 2. The van der Waals surface area contributed by atoms with Crippen molar-refractivity contribution in [1.29, 1.82) is 0 Å². The highest BCUT2D eigenvalue weighted by atomic mass is 35.5. The number of aryl methyl sites for hydroxylation is 1. The fourth-order valence-electron chi connectivity index (χ4n) is 2.70. The molecule has 0 amide bonds. The quantitative estimate of drug-likeness (QED) is 0.540. The van der Waals surface area contributed by atoms with Gasteiger partial charge in [0.05, 0.1) is 23.3 Å². The van der Waals surface area contributed by atoms with Crippen LogP contribution in [0.25, 0.3) is 16.6 Å². The van der Waals surface area contributed by atoms with Crippen molar-refractivity contribution >= 4 is 28.3 Å². The molecule has 0 aliphatic carbocycles. The number of hydrogen-bond donors (Lipinski definition) is 0.